The minimum absolute atomic E-state index is 0.0139. The molecule has 0 fully saturated rings. The number of unbranched alkanes of at least 4 members (excludes halogenated alkanes) is 1. The maximum Gasteiger partial charge on any atom is 0.418 e. The van der Waals surface area contributed by atoms with E-state index in [1.54, 1.807) is 0 Å². The van der Waals surface area contributed by atoms with Gasteiger partial charge in [-0.1, -0.05) is 13.3 Å². The molecule has 0 heterocycles. The zero-order valence-electron chi connectivity index (χ0n) is 5.39. The highest BCUT2D eigenvalue weighted by molar-refractivity contribution is 14.1. The lowest BCUT2D eigenvalue weighted by Crippen LogP contribution is -2.01. The van der Waals surface area contributed by atoms with Crippen LogP contribution in [-0.4, -0.2) is 10.6 Å². The van der Waals surface area contributed by atoms with Gasteiger partial charge in [0.05, 0.1) is 0 Å². The van der Waals surface area contributed by atoms with Gasteiger partial charge in [0, 0.05) is 0 Å². The van der Waals surface area contributed by atoms with Crippen LogP contribution in [0.4, 0.5) is 0 Å². The summed E-state index contributed by atoms with van der Waals surface area (Å²) in [4.78, 5) is 9.63. The second kappa shape index (κ2) is 6.32. The monoisotopic (exact) mass is 241 g/mol. The molecule has 1 atom stereocenters. The fourth-order valence-electron chi connectivity index (χ4n) is 0.476. The van der Waals surface area contributed by atoms with Crippen molar-refractivity contribution in [3.63, 3.8) is 0 Å². The summed E-state index contributed by atoms with van der Waals surface area (Å²) in [6.45, 7) is 3.52. The number of hydrogen-bond acceptors (Lipinski definition) is 2. The van der Waals surface area contributed by atoms with Crippen LogP contribution in [0, 0.1) is 0 Å². The normalized spacial score (nSPS) is 12.7. The Labute approximate surface area is 69.1 Å². The van der Waals surface area contributed by atoms with Crippen LogP contribution in [0.2, 0.25) is 0 Å². The first-order chi connectivity index (χ1) is 4.31. The first-order valence-electron chi connectivity index (χ1n) is 2.98. The van der Waals surface area contributed by atoms with Crippen LogP contribution in [0.3, 0.4) is 0 Å². The van der Waals surface area contributed by atoms with Crippen molar-refractivity contribution in [1.82, 2.24) is 0 Å². The van der Waals surface area contributed by atoms with Crippen LogP contribution in [0.25, 0.3) is 0 Å². The van der Waals surface area contributed by atoms with Gasteiger partial charge in [-0.15, -0.1) is 0 Å². The number of ether oxygens (including phenoxy) is 1. The van der Waals surface area contributed by atoms with Gasteiger partial charge in [0.15, 0.2) is 4.11 Å². The summed E-state index contributed by atoms with van der Waals surface area (Å²) in [5.41, 5.74) is 0. The van der Waals surface area contributed by atoms with E-state index in [0.717, 1.165) is 19.3 Å². The summed E-state index contributed by atoms with van der Waals surface area (Å²) in [6.07, 6.45) is 3.18. The van der Waals surface area contributed by atoms with Crippen LogP contribution in [0.1, 0.15) is 26.2 Å². The van der Waals surface area contributed by atoms with E-state index in [1.165, 1.54) is 6.47 Å². The minimum atomic E-state index is 0.0139. The molecule has 3 heteroatoms. The molecular formula is C6H10IO2. The maximum atomic E-state index is 9.63. The Hall–Kier alpha value is 0.200. The fraction of sp³-hybridized carbons (Fsp3) is 0.833. The molecule has 0 saturated heterocycles. The van der Waals surface area contributed by atoms with E-state index in [9.17, 15) is 4.79 Å². The van der Waals surface area contributed by atoms with E-state index in [4.69, 9.17) is 0 Å². The molecule has 0 spiro atoms. The molecule has 0 rings (SSSR count). The lowest BCUT2D eigenvalue weighted by molar-refractivity contribution is 0.254. The Balaban J connectivity index is 3.04. The highest BCUT2D eigenvalue weighted by atomic mass is 127. The second-order valence-electron chi connectivity index (χ2n) is 1.75. The van der Waals surface area contributed by atoms with E-state index < -0.39 is 0 Å². The summed E-state index contributed by atoms with van der Waals surface area (Å²) in [7, 11) is 0. The predicted octanol–water partition coefficient (Wildman–Crippen LogP) is 2.02. The van der Waals surface area contributed by atoms with Crippen molar-refractivity contribution in [3.05, 3.63) is 0 Å². The molecule has 0 aromatic rings. The molecule has 53 valence electrons. The van der Waals surface area contributed by atoms with Gasteiger partial charge in [-0.3, -0.25) is 0 Å². The third-order valence-electron chi connectivity index (χ3n) is 0.961. The first kappa shape index (κ1) is 9.20. The molecule has 0 aromatic carbocycles. The average molecular weight is 241 g/mol. The number of carbonyl (C=O) groups excluding carboxylic acids is 1. The van der Waals surface area contributed by atoms with E-state index in [0.29, 0.717) is 0 Å². The molecule has 0 saturated carbocycles. The van der Waals surface area contributed by atoms with Crippen molar-refractivity contribution in [2.75, 3.05) is 0 Å². The maximum absolute atomic E-state index is 9.63. The fourth-order valence-corrected chi connectivity index (χ4v) is 1.02. The molecule has 0 aromatic heterocycles. The average Bonchev–Trinajstić information content (AvgIpc) is 1.85. The third kappa shape index (κ3) is 6.08. The van der Waals surface area contributed by atoms with Crippen LogP contribution in [-0.2, 0) is 9.53 Å². The molecule has 2 nitrogen and oxygen atoms in total. The van der Waals surface area contributed by atoms with E-state index >= 15 is 0 Å². The standard InChI is InChI=1S/C6H10IO2/c1-2-3-4-6(7)9-5-8/h6H,2-4H2,1H3. The quantitative estimate of drug-likeness (QED) is 0.543. The summed E-state index contributed by atoms with van der Waals surface area (Å²) < 4.78 is 4.54. The van der Waals surface area contributed by atoms with E-state index in [2.05, 4.69) is 34.3 Å². The smallest absolute Gasteiger partial charge is 0.418 e. The van der Waals surface area contributed by atoms with Gasteiger partial charge in [0.1, 0.15) is 0 Å². The number of alkyl halides is 1. The highest BCUT2D eigenvalue weighted by Gasteiger charge is 2.00. The van der Waals surface area contributed by atoms with Crippen LogP contribution in [0.5, 0.6) is 0 Å². The molecule has 0 aliphatic carbocycles. The minimum Gasteiger partial charge on any atom is -0.443 e. The van der Waals surface area contributed by atoms with Gasteiger partial charge in [0.2, 0.25) is 0 Å². The number of halogens is 1. The van der Waals surface area contributed by atoms with Gasteiger partial charge in [-0.05, 0) is 35.4 Å². The molecule has 1 radical (unpaired) electrons. The predicted molar refractivity (Wildman–Crippen MR) is 44.1 cm³/mol. The summed E-state index contributed by atoms with van der Waals surface area (Å²) >= 11 is 2.08. The first-order valence-corrected chi connectivity index (χ1v) is 4.22. The largest absolute Gasteiger partial charge is 0.443 e. The van der Waals surface area contributed by atoms with Crippen LogP contribution in [0.15, 0.2) is 0 Å². The number of rotatable bonds is 5. The third-order valence-corrected chi connectivity index (χ3v) is 1.84. The van der Waals surface area contributed by atoms with Gasteiger partial charge < -0.3 is 4.74 Å². The van der Waals surface area contributed by atoms with Gasteiger partial charge in [0.25, 0.3) is 0 Å². The van der Waals surface area contributed by atoms with Crippen LogP contribution < -0.4 is 0 Å². The Kier molecular flexibility index (Phi) is 6.46. The van der Waals surface area contributed by atoms with Crippen molar-refractivity contribution in [3.8, 4) is 0 Å². The van der Waals surface area contributed by atoms with Gasteiger partial charge >= 0.3 is 6.47 Å². The molecule has 0 aliphatic heterocycles. The Morgan fingerprint density at radius 1 is 1.78 bits per heavy atom. The SMILES string of the molecule is CCCCC(I)O[C]=O. The van der Waals surface area contributed by atoms with E-state index in [1.807, 2.05) is 0 Å². The Morgan fingerprint density at radius 3 is 2.89 bits per heavy atom. The Bertz CT molecular complexity index is 75.5. The van der Waals surface area contributed by atoms with Crippen LogP contribution >= 0.6 is 22.6 Å². The molecule has 0 aliphatic rings. The van der Waals surface area contributed by atoms with Crippen molar-refractivity contribution in [2.24, 2.45) is 0 Å². The van der Waals surface area contributed by atoms with Crippen molar-refractivity contribution in [2.45, 2.75) is 30.3 Å². The lowest BCUT2D eigenvalue weighted by Gasteiger charge is -2.03. The summed E-state index contributed by atoms with van der Waals surface area (Å²) in [5, 5.41) is 0. The summed E-state index contributed by atoms with van der Waals surface area (Å²) in [5.74, 6) is 0. The van der Waals surface area contributed by atoms with Crippen molar-refractivity contribution < 1.29 is 9.53 Å². The molecule has 0 bridgehead atoms. The van der Waals surface area contributed by atoms with Crippen molar-refractivity contribution in [1.29, 1.82) is 0 Å². The van der Waals surface area contributed by atoms with Gasteiger partial charge in [-0.25, -0.2) is 4.79 Å². The highest BCUT2D eigenvalue weighted by Crippen LogP contribution is 2.09. The molecule has 0 N–H and O–H groups in total. The molecule has 9 heavy (non-hydrogen) atoms. The zero-order valence-corrected chi connectivity index (χ0v) is 7.55. The molecule has 0 amide bonds. The van der Waals surface area contributed by atoms with Crippen molar-refractivity contribution >= 4 is 29.1 Å². The number of hydrogen-bond donors (Lipinski definition) is 0. The topological polar surface area (TPSA) is 26.3 Å². The summed E-state index contributed by atoms with van der Waals surface area (Å²) in [6, 6.07) is 0. The Morgan fingerprint density at radius 2 is 2.44 bits per heavy atom. The molecular weight excluding hydrogens is 231 g/mol. The lowest BCUT2D eigenvalue weighted by atomic mass is 10.3. The van der Waals surface area contributed by atoms with Gasteiger partial charge in [-0.2, -0.15) is 0 Å². The van der Waals surface area contributed by atoms with E-state index in [-0.39, 0.29) is 4.11 Å². The molecule has 1 unspecified atom stereocenters. The zero-order chi connectivity index (χ0) is 7.11. The second-order valence-corrected chi connectivity index (χ2v) is 3.14.